The summed E-state index contributed by atoms with van der Waals surface area (Å²) in [5, 5.41) is 18.3. The molecule has 10 heteroatoms. The Hall–Kier alpha value is -2.90. The molecule has 1 fully saturated rings. The van der Waals surface area contributed by atoms with Crippen LogP contribution in [0.1, 0.15) is 47.3 Å². The summed E-state index contributed by atoms with van der Waals surface area (Å²) in [4.78, 5) is 12.5. The van der Waals surface area contributed by atoms with Crippen LogP contribution in [-0.4, -0.2) is 48.5 Å². The lowest BCUT2D eigenvalue weighted by atomic mass is 10.1. The largest absolute Gasteiger partial charge is 0.381 e. The molecule has 29 heavy (non-hydrogen) atoms. The van der Waals surface area contributed by atoms with Gasteiger partial charge in [0.2, 0.25) is 10.0 Å². The van der Waals surface area contributed by atoms with E-state index in [1.165, 1.54) is 28.6 Å². The Balaban J connectivity index is 1.53. The summed E-state index contributed by atoms with van der Waals surface area (Å²) in [5.41, 5.74) is 6.96. The maximum atomic E-state index is 12.7. The van der Waals surface area contributed by atoms with Crippen molar-refractivity contribution >= 4 is 21.7 Å². The highest BCUT2D eigenvalue weighted by molar-refractivity contribution is 7.89. The van der Waals surface area contributed by atoms with Gasteiger partial charge in [0, 0.05) is 25.2 Å². The van der Waals surface area contributed by atoms with Crippen molar-refractivity contribution in [2.45, 2.75) is 37.0 Å². The maximum Gasteiger partial charge on any atom is 0.251 e. The molecule has 4 N–H and O–H groups in total. The first kappa shape index (κ1) is 20.8. The van der Waals surface area contributed by atoms with Crippen LogP contribution in [0.15, 0.2) is 29.2 Å². The van der Waals surface area contributed by atoms with Gasteiger partial charge >= 0.3 is 0 Å². The fourth-order valence-electron chi connectivity index (χ4n) is 3.30. The second kappa shape index (κ2) is 9.07. The van der Waals surface area contributed by atoms with E-state index in [0.717, 1.165) is 19.3 Å². The molecule has 0 unspecified atom stereocenters. The second-order valence-electron chi connectivity index (χ2n) is 6.92. The lowest BCUT2D eigenvalue weighted by molar-refractivity contribution is 0.0953. The van der Waals surface area contributed by atoms with Gasteiger partial charge in [-0.2, -0.15) is 14.7 Å². The lowest BCUT2D eigenvalue weighted by Gasteiger charge is -2.25. The van der Waals surface area contributed by atoms with E-state index in [1.54, 1.807) is 0 Å². The number of piperidine rings is 1. The number of H-pyrrole nitrogens is 1. The summed E-state index contributed by atoms with van der Waals surface area (Å²) in [6.45, 7) is 1.48. The molecule has 0 radical (unpaired) electrons. The van der Waals surface area contributed by atoms with Crippen molar-refractivity contribution in [2.75, 3.05) is 25.4 Å². The molecule has 2 heterocycles. The summed E-state index contributed by atoms with van der Waals surface area (Å²) in [6, 6.07) is 8.00. The SMILES string of the molecule is N#Cc1c(N)n[nH]c1CCCNC(=O)c1ccc(S(=O)(=O)N2CCCCC2)cc1. The average Bonchev–Trinajstić information content (AvgIpc) is 3.11. The third kappa shape index (κ3) is 4.75. The monoisotopic (exact) mass is 416 g/mol. The number of benzene rings is 1. The molecule has 1 aliphatic heterocycles. The van der Waals surface area contributed by atoms with Gasteiger partial charge < -0.3 is 11.1 Å². The number of nitrogen functional groups attached to an aromatic ring is 1. The third-order valence-electron chi connectivity index (χ3n) is 4.94. The summed E-state index contributed by atoms with van der Waals surface area (Å²) in [5.74, 6) is -0.109. The van der Waals surface area contributed by atoms with Gasteiger partial charge in [0.1, 0.15) is 11.6 Å². The Morgan fingerprint density at radius 2 is 1.93 bits per heavy atom. The number of aromatic nitrogens is 2. The van der Waals surface area contributed by atoms with E-state index in [1.807, 2.05) is 6.07 Å². The first-order valence-corrected chi connectivity index (χ1v) is 11.0. The molecule has 154 valence electrons. The van der Waals surface area contributed by atoms with Gasteiger partial charge in [0.05, 0.1) is 10.6 Å². The number of carbonyl (C=O) groups excluding carboxylic acids is 1. The molecule has 0 aliphatic carbocycles. The van der Waals surface area contributed by atoms with E-state index in [0.29, 0.717) is 49.3 Å². The molecular weight excluding hydrogens is 392 g/mol. The Bertz CT molecular complexity index is 1000. The Kier molecular flexibility index (Phi) is 6.51. The van der Waals surface area contributed by atoms with Gasteiger partial charge in [0.25, 0.3) is 5.91 Å². The number of nitrogens with one attached hydrogen (secondary N) is 2. The van der Waals surface area contributed by atoms with Gasteiger partial charge in [-0.3, -0.25) is 9.89 Å². The fourth-order valence-corrected chi connectivity index (χ4v) is 4.82. The standard InChI is InChI=1S/C19H24N6O3S/c20-13-16-17(23-24-18(16)21)5-4-10-22-19(26)14-6-8-15(9-7-14)29(27,28)25-11-2-1-3-12-25/h6-9H,1-5,10-12H2,(H,22,26)(H3,21,23,24). The van der Waals surface area contributed by atoms with Crippen molar-refractivity contribution in [1.82, 2.24) is 19.8 Å². The molecule has 2 aromatic rings. The molecular formula is C19H24N6O3S. The van der Waals surface area contributed by atoms with Crippen molar-refractivity contribution in [3.05, 3.63) is 41.1 Å². The van der Waals surface area contributed by atoms with Crippen LogP contribution >= 0.6 is 0 Å². The highest BCUT2D eigenvalue weighted by atomic mass is 32.2. The fraction of sp³-hybridized carbons (Fsp3) is 0.421. The molecule has 3 rings (SSSR count). The molecule has 0 atom stereocenters. The number of nitriles is 1. The molecule has 1 aromatic heterocycles. The van der Waals surface area contributed by atoms with Crippen molar-refractivity contribution in [3.8, 4) is 6.07 Å². The number of nitrogens with zero attached hydrogens (tertiary/aromatic N) is 3. The molecule has 0 saturated carbocycles. The molecule has 1 aliphatic rings. The molecule has 1 saturated heterocycles. The number of hydrogen-bond acceptors (Lipinski definition) is 6. The van der Waals surface area contributed by atoms with E-state index in [-0.39, 0.29) is 16.6 Å². The first-order valence-electron chi connectivity index (χ1n) is 9.54. The minimum atomic E-state index is -3.51. The van der Waals surface area contributed by atoms with Crippen LogP contribution < -0.4 is 11.1 Å². The van der Waals surface area contributed by atoms with Crippen LogP contribution in [0.25, 0.3) is 0 Å². The minimum Gasteiger partial charge on any atom is -0.381 e. The van der Waals surface area contributed by atoms with Crippen LogP contribution in [0.4, 0.5) is 5.82 Å². The smallest absolute Gasteiger partial charge is 0.251 e. The van der Waals surface area contributed by atoms with E-state index in [4.69, 9.17) is 11.0 Å². The molecule has 1 aromatic carbocycles. The van der Waals surface area contributed by atoms with Gasteiger partial charge in [-0.15, -0.1) is 0 Å². The summed E-state index contributed by atoms with van der Waals surface area (Å²) in [7, 11) is -3.51. The third-order valence-corrected chi connectivity index (χ3v) is 6.85. The Morgan fingerprint density at radius 3 is 2.59 bits per heavy atom. The highest BCUT2D eigenvalue weighted by Crippen LogP contribution is 2.21. The van der Waals surface area contributed by atoms with E-state index >= 15 is 0 Å². The number of nitrogens with two attached hydrogens (primary N) is 1. The van der Waals surface area contributed by atoms with Gasteiger partial charge in [-0.25, -0.2) is 8.42 Å². The van der Waals surface area contributed by atoms with E-state index in [2.05, 4.69) is 15.5 Å². The number of aryl methyl sites for hydroxylation is 1. The van der Waals surface area contributed by atoms with Gasteiger partial charge in [-0.1, -0.05) is 6.42 Å². The minimum absolute atomic E-state index is 0.172. The summed E-state index contributed by atoms with van der Waals surface area (Å²) >= 11 is 0. The molecule has 0 spiro atoms. The summed E-state index contributed by atoms with van der Waals surface area (Å²) < 4.78 is 26.8. The highest BCUT2D eigenvalue weighted by Gasteiger charge is 2.25. The number of sulfonamides is 1. The van der Waals surface area contributed by atoms with Crippen molar-refractivity contribution in [2.24, 2.45) is 0 Å². The Labute approximate surface area is 169 Å². The second-order valence-corrected chi connectivity index (χ2v) is 8.86. The van der Waals surface area contributed by atoms with Gasteiger partial charge in [-0.05, 0) is 49.9 Å². The predicted octanol–water partition coefficient (Wildman–Crippen LogP) is 1.40. The predicted molar refractivity (Wildman–Crippen MR) is 107 cm³/mol. The zero-order valence-electron chi connectivity index (χ0n) is 16.0. The van der Waals surface area contributed by atoms with Crippen molar-refractivity contribution in [1.29, 1.82) is 5.26 Å². The number of hydrogen-bond donors (Lipinski definition) is 3. The maximum absolute atomic E-state index is 12.7. The lowest BCUT2D eigenvalue weighted by Crippen LogP contribution is -2.35. The number of carbonyl (C=O) groups is 1. The number of amides is 1. The first-order chi connectivity index (χ1) is 13.9. The van der Waals surface area contributed by atoms with Crippen molar-refractivity contribution < 1.29 is 13.2 Å². The summed E-state index contributed by atoms with van der Waals surface area (Å²) in [6.07, 6.45) is 3.93. The van der Waals surface area contributed by atoms with Crippen molar-refractivity contribution in [3.63, 3.8) is 0 Å². The topological polar surface area (TPSA) is 145 Å². The average molecular weight is 417 g/mol. The molecule has 1 amide bonds. The van der Waals surface area contributed by atoms with Gasteiger partial charge in [0.15, 0.2) is 5.82 Å². The number of aromatic amines is 1. The van der Waals surface area contributed by atoms with E-state index in [9.17, 15) is 13.2 Å². The zero-order valence-corrected chi connectivity index (χ0v) is 16.8. The normalized spacial score (nSPS) is 15.0. The van der Waals surface area contributed by atoms with Crippen LogP contribution in [0.2, 0.25) is 0 Å². The molecule has 0 bridgehead atoms. The van der Waals surface area contributed by atoms with Crippen LogP contribution in [0.3, 0.4) is 0 Å². The molecule has 9 nitrogen and oxygen atoms in total. The quantitative estimate of drug-likeness (QED) is 0.582. The van der Waals surface area contributed by atoms with Crippen LogP contribution in [0.5, 0.6) is 0 Å². The number of rotatable bonds is 7. The van der Waals surface area contributed by atoms with Crippen LogP contribution in [-0.2, 0) is 16.4 Å². The Morgan fingerprint density at radius 1 is 1.24 bits per heavy atom. The number of anilines is 1. The zero-order chi connectivity index (χ0) is 20.9. The van der Waals surface area contributed by atoms with Crippen LogP contribution in [0, 0.1) is 11.3 Å². The van der Waals surface area contributed by atoms with E-state index < -0.39 is 10.0 Å².